The molecule has 0 unspecified atom stereocenters. The van der Waals surface area contributed by atoms with Crippen molar-refractivity contribution in [3.8, 4) is 17.5 Å². The zero-order valence-corrected chi connectivity index (χ0v) is 10.1. The molecule has 0 aliphatic carbocycles. The van der Waals surface area contributed by atoms with Crippen molar-refractivity contribution in [2.24, 2.45) is 0 Å². The molecule has 3 heterocycles. The molecule has 94 valence electrons. The number of pyridine rings is 1. The minimum absolute atomic E-state index is 0.387. The maximum atomic E-state index is 4.33. The molecule has 0 fully saturated rings. The number of rotatable bonds is 3. The number of hydrogen-bond donors (Lipinski definition) is 1. The van der Waals surface area contributed by atoms with Crippen molar-refractivity contribution in [1.29, 1.82) is 0 Å². The van der Waals surface area contributed by atoms with Crippen LogP contribution in [0.15, 0.2) is 37.1 Å². The quantitative estimate of drug-likeness (QED) is 0.729. The Labute approximate surface area is 108 Å². The molecule has 0 bridgehead atoms. The van der Waals surface area contributed by atoms with Gasteiger partial charge in [-0.05, 0) is 12.1 Å². The first-order chi connectivity index (χ1) is 9.36. The molecule has 0 aliphatic rings. The predicted molar refractivity (Wildman–Crippen MR) is 67.5 cm³/mol. The van der Waals surface area contributed by atoms with Gasteiger partial charge in [0.2, 0.25) is 5.95 Å². The summed E-state index contributed by atoms with van der Waals surface area (Å²) in [4.78, 5) is 20.9. The van der Waals surface area contributed by atoms with Gasteiger partial charge in [-0.25, -0.2) is 4.98 Å². The number of nitrogens with one attached hydrogen (secondary N) is 1. The lowest BCUT2D eigenvalue weighted by atomic mass is 10.3. The second-order valence-electron chi connectivity index (χ2n) is 3.59. The predicted octanol–water partition coefficient (Wildman–Crippen LogP) is 0.556. The molecule has 19 heavy (non-hydrogen) atoms. The van der Waals surface area contributed by atoms with Crippen LogP contribution in [0, 0.1) is 0 Å². The molecule has 0 radical (unpaired) electrons. The van der Waals surface area contributed by atoms with Gasteiger partial charge in [0.15, 0.2) is 5.82 Å². The Balaban J connectivity index is 2.13. The number of nitrogens with zero attached hydrogens (tertiary/aromatic N) is 7. The lowest BCUT2D eigenvalue weighted by Crippen LogP contribution is -2.08. The van der Waals surface area contributed by atoms with Crippen LogP contribution in [0.4, 0.5) is 5.95 Å². The molecule has 3 rings (SSSR count). The zero-order chi connectivity index (χ0) is 13.1. The monoisotopic (exact) mass is 254 g/mol. The Kier molecular flexibility index (Phi) is 2.81. The lowest BCUT2D eigenvalue weighted by molar-refractivity contribution is 0.797. The Hall–Kier alpha value is -2.90. The van der Waals surface area contributed by atoms with E-state index in [0.717, 1.165) is 0 Å². The van der Waals surface area contributed by atoms with Crippen LogP contribution in [0.1, 0.15) is 0 Å². The summed E-state index contributed by atoms with van der Waals surface area (Å²) >= 11 is 0. The Morgan fingerprint density at radius 1 is 1.16 bits per heavy atom. The van der Waals surface area contributed by atoms with E-state index in [0.29, 0.717) is 23.4 Å². The van der Waals surface area contributed by atoms with Crippen LogP contribution >= 0.6 is 0 Å². The molecule has 0 spiro atoms. The molecule has 1 N–H and O–H groups in total. The Morgan fingerprint density at radius 2 is 2.11 bits per heavy atom. The first-order valence-corrected chi connectivity index (χ1v) is 5.57. The van der Waals surface area contributed by atoms with E-state index in [-0.39, 0.29) is 0 Å². The summed E-state index contributed by atoms with van der Waals surface area (Å²) in [7, 11) is 1.74. The molecule has 3 aromatic heterocycles. The van der Waals surface area contributed by atoms with Gasteiger partial charge in [0.05, 0.1) is 0 Å². The molecule has 0 saturated heterocycles. The fraction of sp³-hybridized carbons (Fsp3) is 0.0909. The molecule has 0 amide bonds. The van der Waals surface area contributed by atoms with E-state index in [4.69, 9.17) is 0 Å². The van der Waals surface area contributed by atoms with Gasteiger partial charge >= 0.3 is 0 Å². The third-order valence-corrected chi connectivity index (χ3v) is 2.36. The highest BCUT2D eigenvalue weighted by Crippen LogP contribution is 2.14. The smallest absolute Gasteiger partial charge is 0.257 e. The molecule has 0 saturated carbocycles. The Morgan fingerprint density at radius 3 is 2.79 bits per heavy atom. The van der Waals surface area contributed by atoms with Gasteiger partial charge in [0.25, 0.3) is 5.95 Å². The van der Waals surface area contributed by atoms with Crippen LogP contribution in [0.3, 0.4) is 0 Å². The van der Waals surface area contributed by atoms with Gasteiger partial charge in [0, 0.05) is 13.2 Å². The molecule has 0 aromatic carbocycles. The van der Waals surface area contributed by atoms with Crippen LogP contribution in [-0.4, -0.2) is 41.7 Å². The van der Waals surface area contributed by atoms with Crippen molar-refractivity contribution in [3.05, 3.63) is 37.1 Å². The first kappa shape index (κ1) is 11.2. The van der Waals surface area contributed by atoms with E-state index in [1.54, 1.807) is 13.2 Å². The normalized spacial score (nSPS) is 10.4. The highest BCUT2D eigenvalue weighted by atomic mass is 15.4. The highest BCUT2D eigenvalue weighted by molar-refractivity contribution is 5.51. The van der Waals surface area contributed by atoms with Crippen molar-refractivity contribution in [2.45, 2.75) is 0 Å². The number of anilines is 1. The summed E-state index contributed by atoms with van der Waals surface area (Å²) in [5.74, 6) is 1.31. The van der Waals surface area contributed by atoms with Gasteiger partial charge in [0.1, 0.15) is 18.3 Å². The van der Waals surface area contributed by atoms with E-state index >= 15 is 0 Å². The van der Waals surface area contributed by atoms with Crippen LogP contribution in [0.2, 0.25) is 0 Å². The number of hydrogen-bond acceptors (Lipinski definition) is 7. The second kappa shape index (κ2) is 4.77. The molecular weight excluding hydrogens is 244 g/mol. The molecule has 8 nitrogen and oxygen atoms in total. The summed E-state index contributed by atoms with van der Waals surface area (Å²) in [6.45, 7) is 0. The largest absolute Gasteiger partial charge is 0.357 e. The maximum absolute atomic E-state index is 4.33. The zero-order valence-electron chi connectivity index (χ0n) is 10.1. The fourth-order valence-electron chi connectivity index (χ4n) is 1.50. The lowest BCUT2D eigenvalue weighted by Gasteiger charge is -2.05. The van der Waals surface area contributed by atoms with Crippen molar-refractivity contribution in [1.82, 2.24) is 34.7 Å². The van der Waals surface area contributed by atoms with Crippen molar-refractivity contribution < 1.29 is 0 Å². The van der Waals surface area contributed by atoms with E-state index in [1.165, 1.54) is 17.3 Å². The minimum Gasteiger partial charge on any atom is -0.357 e. The van der Waals surface area contributed by atoms with Crippen LogP contribution in [-0.2, 0) is 0 Å². The van der Waals surface area contributed by atoms with Crippen molar-refractivity contribution in [2.75, 3.05) is 12.4 Å². The summed E-state index contributed by atoms with van der Waals surface area (Å²) in [5, 5.41) is 6.89. The maximum Gasteiger partial charge on any atom is 0.257 e. The first-order valence-electron chi connectivity index (χ1n) is 5.57. The molecular formula is C11H10N8. The highest BCUT2D eigenvalue weighted by Gasteiger charge is 2.10. The molecule has 0 atom stereocenters. The third kappa shape index (κ3) is 2.23. The van der Waals surface area contributed by atoms with Crippen LogP contribution < -0.4 is 5.32 Å². The van der Waals surface area contributed by atoms with E-state index in [2.05, 4.69) is 35.3 Å². The van der Waals surface area contributed by atoms with E-state index < -0.39 is 0 Å². The second-order valence-corrected chi connectivity index (χ2v) is 3.59. The van der Waals surface area contributed by atoms with Gasteiger partial charge < -0.3 is 5.32 Å². The van der Waals surface area contributed by atoms with Crippen LogP contribution in [0.5, 0.6) is 0 Å². The Bertz CT molecular complexity index is 664. The average Bonchev–Trinajstić information content (AvgIpc) is 3.02. The fourth-order valence-corrected chi connectivity index (χ4v) is 1.50. The molecule has 0 aliphatic heterocycles. The standard InChI is InChI=1S/C11H10N8/c1-12-10-16-9(8-4-2-3-5-14-8)17-11(18-10)19-7-13-6-15-19/h2-7H,1H3,(H,12,16,17,18). The van der Waals surface area contributed by atoms with Crippen molar-refractivity contribution >= 4 is 5.95 Å². The summed E-state index contributed by atoms with van der Waals surface area (Å²) in [5.41, 5.74) is 0.669. The van der Waals surface area contributed by atoms with E-state index in [1.807, 2.05) is 18.2 Å². The summed E-state index contributed by atoms with van der Waals surface area (Å²) < 4.78 is 1.47. The van der Waals surface area contributed by atoms with Gasteiger partial charge in [-0.1, -0.05) is 6.07 Å². The summed E-state index contributed by atoms with van der Waals surface area (Å²) in [6, 6.07) is 5.54. The summed E-state index contributed by atoms with van der Waals surface area (Å²) in [6.07, 6.45) is 4.63. The molecule has 3 aromatic rings. The molecule has 8 heteroatoms. The number of aromatic nitrogens is 7. The SMILES string of the molecule is CNc1nc(-c2ccccn2)nc(-n2cncn2)n1. The van der Waals surface area contributed by atoms with Gasteiger partial charge in [-0.2, -0.15) is 24.7 Å². The van der Waals surface area contributed by atoms with Crippen LogP contribution in [0.25, 0.3) is 17.5 Å². The minimum atomic E-state index is 0.387. The van der Waals surface area contributed by atoms with E-state index in [9.17, 15) is 0 Å². The average molecular weight is 254 g/mol. The van der Waals surface area contributed by atoms with Gasteiger partial charge in [-0.3, -0.25) is 4.98 Å². The topological polar surface area (TPSA) is 94.3 Å². The third-order valence-electron chi connectivity index (χ3n) is 2.36. The van der Waals surface area contributed by atoms with Crippen molar-refractivity contribution in [3.63, 3.8) is 0 Å². The van der Waals surface area contributed by atoms with Gasteiger partial charge in [-0.15, -0.1) is 0 Å².